The van der Waals surface area contributed by atoms with Crippen molar-refractivity contribution in [2.24, 2.45) is 0 Å². The van der Waals surface area contributed by atoms with Crippen LogP contribution in [0.4, 0.5) is 5.69 Å². The number of hydrogen-bond donors (Lipinski definition) is 1. The summed E-state index contributed by atoms with van der Waals surface area (Å²) >= 11 is 0. The van der Waals surface area contributed by atoms with Crippen molar-refractivity contribution in [3.8, 4) is 11.5 Å². The number of carbonyl (C=O) groups is 2. The highest BCUT2D eigenvalue weighted by atomic mass is 16.7. The van der Waals surface area contributed by atoms with Gasteiger partial charge in [-0.1, -0.05) is 31.4 Å². The summed E-state index contributed by atoms with van der Waals surface area (Å²) in [5, 5.41) is 2.86. The number of amides is 2. The second-order valence-corrected chi connectivity index (χ2v) is 7.28. The van der Waals surface area contributed by atoms with Gasteiger partial charge in [0.15, 0.2) is 11.5 Å². The van der Waals surface area contributed by atoms with E-state index in [1.807, 2.05) is 7.05 Å². The molecule has 1 aliphatic heterocycles. The third-order valence-electron chi connectivity index (χ3n) is 5.48. The third kappa shape index (κ3) is 3.67. The molecule has 0 atom stereocenters. The minimum atomic E-state index is -0.320. The van der Waals surface area contributed by atoms with Crippen molar-refractivity contribution < 1.29 is 19.1 Å². The maximum atomic E-state index is 13.1. The van der Waals surface area contributed by atoms with Gasteiger partial charge < -0.3 is 19.7 Å². The van der Waals surface area contributed by atoms with E-state index in [1.165, 1.54) is 6.42 Å². The lowest BCUT2D eigenvalue weighted by atomic mass is 9.93. The Balaban J connectivity index is 1.53. The van der Waals surface area contributed by atoms with Gasteiger partial charge in [0.25, 0.3) is 11.8 Å². The molecule has 2 aromatic carbocycles. The van der Waals surface area contributed by atoms with Gasteiger partial charge in [-0.15, -0.1) is 0 Å². The number of hydrogen-bond acceptors (Lipinski definition) is 4. The van der Waals surface area contributed by atoms with Crippen LogP contribution in [0.1, 0.15) is 52.8 Å². The Morgan fingerprint density at radius 3 is 2.46 bits per heavy atom. The van der Waals surface area contributed by atoms with Gasteiger partial charge in [-0.3, -0.25) is 9.59 Å². The van der Waals surface area contributed by atoms with E-state index < -0.39 is 0 Å². The largest absolute Gasteiger partial charge is 0.454 e. The normalized spacial score (nSPS) is 15.9. The van der Waals surface area contributed by atoms with Crippen molar-refractivity contribution in [3.05, 3.63) is 53.6 Å². The van der Waals surface area contributed by atoms with Crippen molar-refractivity contribution in [1.82, 2.24) is 4.90 Å². The highest BCUT2D eigenvalue weighted by Gasteiger charge is 2.26. The molecule has 1 N–H and O–H groups in total. The molecular formula is C22H24N2O4. The lowest BCUT2D eigenvalue weighted by Gasteiger charge is -2.31. The molecule has 0 radical (unpaired) electrons. The van der Waals surface area contributed by atoms with E-state index in [2.05, 4.69) is 5.32 Å². The van der Waals surface area contributed by atoms with Gasteiger partial charge in [0.2, 0.25) is 6.79 Å². The number of carbonyl (C=O) groups excluding carboxylic acids is 2. The van der Waals surface area contributed by atoms with E-state index in [1.54, 1.807) is 47.4 Å². The molecule has 0 spiro atoms. The zero-order chi connectivity index (χ0) is 19.5. The molecule has 2 amide bonds. The fourth-order valence-electron chi connectivity index (χ4n) is 3.86. The molecule has 4 rings (SSSR count). The van der Waals surface area contributed by atoms with Crippen LogP contribution in [0.2, 0.25) is 0 Å². The Morgan fingerprint density at radius 2 is 1.68 bits per heavy atom. The molecule has 2 aromatic rings. The first-order chi connectivity index (χ1) is 13.6. The highest BCUT2D eigenvalue weighted by Crippen LogP contribution is 2.34. The van der Waals surface area contributed by atoms with Gasteiger partial charge in [-0.2, -0.15) is 0 Å². The molecule has 28 heavy (non-hydrogen) atoms. The van der Waals surface area contributed by atoms with Crippen LogP contribution >= 0.6 is 0 Å². The van der Waals surface area contributed by atoms with Crippen LogP contribution < -0.4 is 14.8 Å². The Bertz CT molecular complexity index is 890. The van der Waals surface area contributed by atoms with Crippen molar-refractivity contribution in [2.75, 3.05) is 19.2 Å². The fraction of sp³-hybridized carbons (Fsp3) is 0.364. The van der Waals surface area contributed by atoms with Crippen LogP contribution in [-0.2, 0) is 0 Å². The van der Waals surface area contributed by atoms with Gasteiger partial charge in [-0.25, -0.2) is 0 Å². The molecule has 146 valence electrons. The van der Waals surface area contributed by atoms with Crippen LogP contribution in [0, 0.1) is 0 Å². The molecule has 1 saturated carbocycles. The quantitative estimate of drug-likeness (QED) is 0.868. The van der Waals surface area contributed by atoms with E-state index in [-0.39, 0.29) is 24.6 Å². The minimum absolute atomic E-state index is 0.108. The third-order valence-corrected chi connectivity index (χ3v) is 5.48. The predicted octanol–water partition coefficient (Wildman–Crippen LogP) is 4.07. The SMILES string of the molecule is CN(C(=O)c1ccccc1C(=O)Nc1ccc2c(c1)OCO2)C1CCCCC1. The summed E-state index contributed by atoms with van der Waals surface area (Å²) in [6.45, 7) is 0.178. The van der Waals surface area contributed by atoms with Crippen LogP contribution in [-0.4, -0.2) is 36.6 Å². The van der Waals surface area contributed by atoms with Gasteiger partial charge >= 0.3 is 0 Å². The molecule has 6 heteroatoms. The summed E-state index contributed by atoms with van der Waals surface area (Å²) in [4.78, 5) is 27.8. The van der Waals surface area contributed by atoms with Crippen molar-refractivity contribution in [3.63, 3.8) is 0 Å². The maximum absolute atomic E-state index is 13.1. The summed E-state index contributed by atoms with van der Waals surface area (Å²) < 4.78 is 10.6. The number of fused-ring (bicyclic) bond motifs is 1. The van der Waals surface area contributed by atoms with E-state index in [0.29, 0.717) is 28.3 Å². The van der Waals surface area contributed by atoms with Crippen molar-refractivity contribution in [1.29, 1.82) is 0 Å². The molecule has 2 aliphatic rings. The zero-order valence-corrected chi connectivity index (χ0v) is 15.9. The molecule has 0 unspecified atom stereocenters. The van der Waals surface area contributed by atoms with Crippen LogP contribution in [0.15, 0.2) is 42.5 Å². The number of anilines is 1. The topological polar surface area (TPSA) is 67.9 Å². The van der Waals surface area contributed by atoms with Crippen molar-refractivity contribution >= 4 is 17.5 Å². The Hall–Kier alpha value is -3.02. The number of nitrogens with zero attached hydrogens (tertiary/aromatic N) is 1. The summed E-state index contributed by atoms with van der Waals surface area (Å²) in [6.07, 6.45) is 5.57. The summed E-state index contributed by atoms with van der Waals surface area (Å²) in [5.41, 5.74) is 1.39. The molecule has 0 aromatic heterocycles. The number of benzene rings is 2. The average molecular weight is 380 g/mol. The Kier molecular flexibility index (Phi) is 5.19. The first kappa shape index (κ1) is 18.3. The highest BCUT2D eigenvalue weighted by molar-refractivity contribution is 6.12. The van der Waals surface area contributed by atoms with E-state index >= 15 is 0 Å². The average Bonchev–Trinajstić information content (AvgIpc) is 3.21. The molecule has 1 heterocycles. The second kappa shape index (κ2) is 7.92. The Labute approximate surface area is 164 Å². The fourth-order valence-corrected chi connectivity index (χ4v) is 3.86. The summed E-state index contributed by atoms with van der Waals surface area (Å²) in [6, 6.07) is 12.4. The van der Waals surface area contributed by atoms with Crippen LogP contribution in [0.3, 0.4) is 0 Å². The molecule has 6 nitrogen and oxygen atoms in total. The van der Waals surface area contributed by atoms with Gasteiger partial charge in [0.1, 0.15) is 0 Å². The summed E-state index contributed by atoms with van der Waals surface area (Å²) in [7, 11) is 1.84. The first-order valence-corrected chi connectivity index (χ1v) is 9.70. The van der Waals surface area contributed by atoms with Crippen LogP contribution in [0.25, 0.3) is 0 Å². The van der Waals surface area contributed by atoms with E-state index in [9.17, 15) is 9.59 Å². The summed E-state index contributed by atoms with van der Waals surface area (Å²) in [5.74, 6) is 0.824. The number of rotatable bonds is 4. The Morgan fingerprint density at radius 1 is 0.964 bits per heavy atom. The minimum Gasteiger partial charge on any atom is -0.454 e. The van der Waals surface area contributed by atoms with Gasteiger partial charge in [0.05, 0.1) is 11.1 Å². The van der Waals surface area contributed by atoms with Crippen LogP contribution in [0.5, 0.6) is 11.5 Å². The predicted molar refractivity (Wildman–Crippen MR) is 106 cm³/mol. The van der Waals surface area contributed by atoms with E-state index in [4.69, 9.17) is 9.47 Å². The zero-order valence-electron chi connectivity index (χ0n) is 15.9. The standard InChI is InChI=1S/C22H24N2O4/c1-24(16-7-3-2-4-8-16)22(26)18-10-6-5-9-17(18)21(25)23-15-11-12-19-20(13-15)28-14-27-19/h5-6,9-13,16H,2-4,7-8,14H2,1H3,(H,23,25). The smallest absolute Gasteiger partial charge is 0.256 e. The maximum Gasteiger partial charge on any atom is 0.256 e. The second-order valence-electron chi connectivity index (χ2n) is 7.28. The lowest BCUT2D eigenvalue weighted by molar-refractivity contribution is 0.0692. The van der Waals surface area contributed by atoms with E-state index in [0.717, 1.165) is 25.7 Å². The van der Waals surface area contributed by atoms with Crippen molar-refractivity contribution in [2.45, 2.75) is 38.1 Å². The van der Waals surface area contributed by atoms with Gasteiger partial charge in [-0.05, 0) is 37.1 Å². The molecule has 0 bridgehead atoms. The molecular weight excluding hydrogens is 356 g/mol. The number of nitrogens with one attached hydrogen (secondary N) is 1. The molecule has 1 aliphatic carbocycles. The first-order valence-electron chi connectivity index (χ1n) is 9.70. The molecule has 0 saturated heterocycles. The molecule has 1 fully saturated rings. The number of ether oxygens (including phenoxy) is 2. The van der Waals surface area contributed by atoms with Gasteiger partial charge in [0, 0.05) is 24.8 Å². The monoisotopic (exact) mass is 380 g/mol. The lowest BCUT2D eigenvalue weighted by Crippen LogP contribution is -2.39.